The van der Waals surface area contributed by atoms with E-state index in [1.807, 2.05) is 0 Å². The molecule has 2 heterocycles. The highest BCUT2D eigenvalue weighted by atomic mass is 16.2. The number of hydrogen-bond acceptors (Lipinski definition) is 2. The Hall–Kier alpha value is -2.40. The van der Waals surface area contributed by atoms with Crippen molar-refractivity contribution in [2.24, 2.45) is 0 Å². The highest BCUT2D eigenvalue weighted by molar-refractivity contribution is 5.99. The number of H-pyrrole nitrogens is 1. The Morgan fingerprint density at radius 1 is 1.08 bits per heavy atom. The molecule has 3 rings (SSSR count). The zero-order valence-electron chi connectivity index (χ0n) is 14.7. The largest absolute Gasteiger partial charge is 0.356 e. The molecule has 132 valence electrons. The molecule has 1 aromatic heterocycles. The Morgan fingerprint density at radius 3 is 2.40 bits per heavy atom. The van der Waals surface area contributed by atoms with E-state index in [9.17, 15) is 9.59 Å². The number of quaternary nitrogens is 1. The maximum absolute atomic E-state index is 12.1. The van der Waals surface area contributed by atoms with Gasteiger partial charge >= 0.3 is 0 Å². The maximum Gasteiger partial charge on any atom is 0.267 e. The summed E-state index contributed by atoms with van der Waals surface area (Å²) in [5.74, 6) is -0.254. The summed E-state index contributed by atoms with van der Waals surface area (Å²) < 4.78 is 0. The molecule has 0 radical (unpaired) electrons. The molecule has 2 aromatic rings. The summed E-state index contributed by atoms with van der Waals surface area (Å²) in [6.07, 6.45) is 5.61. The smallest absolute Gasteiger partial charge is 0.267 e. The van der Waals surface area contributed by atoms with E-state index in [0.717, 1.165) is 12.1 Å². The summed E-state index contributed by atoms with van der Waals surface area (Å²) >= 11 is 0. The second-order valence-electron chi connectivity index (χ2n) is 6.84. The molecule has 1 amide bonds. The lowest BCUT2D eigenvalue weighted by molar-refractivity contribution is -0.918. The van der Waals surface area contributed by atoms with Crippen LogP contribution in [0.4, 0.5) is 0 Å². The van der Waals surface area contributed by atoms with Crippen LogP contribution < -0.4 is 10.2 Å². The van der Waals surface area contributed by atoms with E-state index in [1.54, 1.807) is 17.2 Å². The zero-order valence-corrected chi connectivity index (χ0v) is 14.7. The molecule has 1 saturated heterocycles. The Bertz CT molecular complexity index is 728. The van der Waals surface area contributed by atoms with Gasteiger partial charge in [-0.15, -0.1) is 0 Å². The van der Waals surface area contributed by atoms with Crippen molar-refractivity contribution < 1.29 is 14.5 Å². The molecule has 1 fully saturated rings. The number of hydrogen-bond donors (Lipinski definition) is 3. The first-order chi connectivity index (χ1) is 12.1. The lowest BCUT2D eigenvalue weighted by Crippen LogP contribution is -3.11. The Balaban J connectivity index is 1.50. The van der Waals surface area contributed by atoms with Gasteiger partial charge in [0.1, 0.15) is 12.2 Å². The number of aromatic amines is 1. The molecule has 1 aliphatic rings. The second-order valence-corrected chi connectivity index (χ2v) is 6.84. The highest BCUT2D eigenvalue weighted by Crippen LogP contribution is 2.07. The molecule has 1 aromatic carbocycles. The van der Waals surface area contributed by atoms with Gasteiger partial charge in [0, 0.05) is 23.9 Å². The quantitative estimate of drug-likeness (QED) is 0.701. The fourth-order valence-electron chi connectivity index (χ4n) is 3.30. The van der Waals surface area contributed by atoms with Gasteiger partial charge < -0.3 is 15.2 Å². The van der Waals surface area contributed by atoms with Gasteiger partial charge in [0.2, 0.25) is 0 Å². The van der Waals surface area contributed by atoms with Crippen molar-refractivity contribution in [3.05, 3.63) is 58.9 Å². The van der Waals surface area contributed by atoms with Crippen LogP contribution in [0.3, 0.4) is 0 Å². The lowest BCUT2D eigenvalue weighted by atomic mass is 10.1. The molecule has 0 saturated carbocycles. The Labute approximate surface area is 148 Å². The molecule has 0 unspecified atom stereocenters. The standard InChI is InChI=1S/C20H25N3O2/c1-15(24)18-11-19(21-13-18)20(25)22-12-16-5-7-17(8-6-16)14-23-9-3-2-4-10-23/h5-8,11,13,21H,2-4,9-10,12,14H2,1H3,(H,22,25)/p+1. The minimum atomic E-state index is -0.200. The zero-order chi connectivity index (χ0) is 17.6. The van der Waals surface area contributed by atoms with E-state index < -0.39 is 0 Å². The van der Waals surface area contributed by atoms with Crippen LogP contribution in [0.2, 0.25) is 0 Å². The summed E-state index contributed by atoms with van der Waals surface area (Å²) in [6, 6.07) is 10.1. The van der Waals surface area contributed by atoms with Crippen LogP contribution in [-0.2, 0) is 13.1 Å². The van der Waals surface area contributed by atoms with Gasteiger partial charge in [-0.25, -0.2) is 0 Å². The number of likely N-dealkylation sites (tertiary alicyclic amines) is 1. The van der Waals surface area contributed by atoms with E-state index in [0.29, 0.717) is 17.8 Å². The van der Waals surface area contributed by atoms with Crippen molar-refractivity contribution >= 4 is 11.7 Å². The first-order valence-corrected chi connectivity index (χ1v) is 9.01. The normalized spacial score (nSPS) is 15.1. The van der Waals surface area contributed by atoms with E-state index in [1.165, 1.54) is 44.8 Å². The predicted octanol–water partition coefficient (Wildman–Crippen LogP) is 1.72. The molecule has 0 atom stereocenters. The predicted molar refractivity (Wildman–Crippen MR) is 96.7 cm³/mol. The maximum atomic E-state index is 12.1. The van der Waals surface area contributed by atoms with E-state index in [2.05, 4.69) is 34.6 Å². The number of carbonyl (C=O) groups excluding carboxylic acids is 2. The first-order valence-electron chi connectivity index (χ1n) is 9.01. The summed E-state index contributed by atoms with van der Waals surface area (Å²) in [5, 5.41) is 2.88. The first kappa shape index (κ1) is 17.4. The van der Waals surface area contributed by atoms with E-state index >= 15 is 0 Å². The van der Waals surface area contributed by atoms with Crippen molar-refractivity contribution in [2.75, 3.05) is 13.1 Å². The van der Waals surface area contributed by atoms with Crippen molar-refractivity contribution in [1.82, 2.24) is 10.3 Å². The summed E-state index contributed by atoms with van der Waals surface area (Å²) in [6.45, 7) is 5.59. The number of ketones is 1. The van der Waals surface area contributed by atoms with Crippen LogP contribution in [0.1, 0.15) is 58.2 Å². The highest BCUT2D eigenvalue weighted by Gasteiger charge is 2.14. The fourth-order valence-corrected chi connectivity index (χ4v) is 3.30. The molecule has 25 heavy (non-hydrogen) atoms. The number of carbonyl (C=O) groups is 2. The Morgan fingerprint density at radius 2 is 1.76 bits per heavy atom. The number of nitrogens with one attached hydrogen (secondary N) is 3. The topological polar surface area (TPSA) is 66.4 Å². The number of benzene rings is 1. The second kappa shape index (κ2) is 8.12. The molecule has 5 nitrogen and oxygen atoms in total. The average molecular weight is 340 g/mol. The van der Waals surface area contributed by atoms with Gasteiger partial charge in [-0.05, 0) is 37.8 Å². The van der Waals surface area contributed by atoms with Gasteiger partial charge in [0.05, 0.1) is 13.1 Å². The van der Waals surface area contributed by atoms with Crippen molar-refractivity contribution in [1.29, 1.82) is 0 Å². The fraction of sp³-hybridized carbons (Fsp3) is 0.400. The van der Waals surface area contributed by atoms with Crippen molar-refractivity contribution in [2.45, 2.75) is 39.3 Å². The van der Waals surface area contributed by atoms with Gasteiger partial charge in [-0.2, -0.15) is 0 Å². The molecule has 0 spiro atoms. The van der Waals surface area contributed by atoms with Crippen molar-refractivity contribution in [3.8, 4) is 0 Å². The number of aromatic nitrogens is 1. The molecular weight excluding hydrogens is 314 g/mol. The molecular formula is C20H26N3O2+. The Kier molecular flexibility index (Phi) is 5.66. The van der Waals surface area contributed by atoms with Crippen LogP contribution in [0, 0.1) is 0 Å². The SMILES string of the molecule is CC(=O)c1c[nH]c(C(=O)NCc2ccc(C[NH+]3CCCCC3)cc2)c1. The minimum absolute atomic E-state index is 0.0540. The minimum Gasteiger partial charge on any atom is -0.356 e. The summed E-state index contributed by atoms with van der Waals surface area (Å²) in [5.41, 5.74) is 3.36. The van der Waals surface area contributed by atoms with Crippen LogP contribution in [0.15, 0.2) is 36.5 Å². The molecule has 3 N–H and O–H groups in total. The van der Waals surface area contributed by atoms with Crippen LogP contribution in [0.5, 0.6) is 0 Å². The van der Waals surface area contributed by atoms with Crippen molar-refractivity contribution in [3.63, 3.8) is 0 Å². The van der Waals surface area contributed by atoms with E-state index in [4.69, 9.17) is 0 Å². The van der Waals surface area contributed by atoms with E-state index in [-0.39, 0.29) is 11.7 Å². The molecule has 0 aliphatic carbocycles. The molecule has 5 heteroatoms. The molecule has 0 bridgehead atoms. The van der Waals surface area contributed by atoms with Gasteiger partial charge in [-0.3, -0.25) is 9.59 Å². The van der Waals surface area contributed by atoms with Gasteiger partial charge in [-0.1, -0.05) is 24.3 Å². The number of piperidine rings is 1. The summed E-state index contributed by atoms with van der Waals surface area (Å²) in [4.78, 5) is 27.9. The number of amides is 1. The summed E-state index contributed by atoms with van der Waals surface area (Å²) in [7, 11) is 0. The average Bonchev–Trinajstić information content (AvgIpc) is 3.12. The van der Waals surface area contributed by atoms with Crippen LogP contribution in [0.25, 0.3) is 0 Å². The van der Waals surface area contributed by atoms with Crippen LogP contribution >= 0.6 is 0 Å². The van der Waals surface area contributed by atoms with Crippen LogP contribution in [-0.4, -0.2) is 29.8 Å². The third-order valence-corrected chi connectivity index (χ3v) is 4.82. The lowest BCUT2D eigenvalue weighted by Gasteiger charge is -2.23. The number of Topliss-reactive ketones (excluding diaryl/α,β-unsaturated/α-hetero) is 1. The third-order valence-electron chi connectivity index (χ3n) is 4.82. The van der Waals surface area contributed by atoms with Gasteiger partial charge in [0.15, 0.2) is 5.78 Å². The third kappa shape index (κ3) is 4.79. The monoisotopic (exact) mass is 340 g/mol. The number of rotatable bonds is 6. The molecule has 1 aliphatic heterocycles. The van der Waals surface area contributed by atoms with Gasteiger partial charge in [0.25, 0.3) is 5.91 Å².